The van der Waals surface area contributed by atoms with Gasteiger partial charge in [-0.1, -0.05) is 19.9 Å². The summed E-state index contributed by atoms with van der Waals surface area (Å²) in [6.45, 7) is 7.13. The summed E-state index contributed by atoms with van der Waals surface area (Å²) < 4.78 is 5.30. The van der Waals surface area contributed by atoms with Crippen molar-refractivity contribution in [1.82, 2.24) is 5.32 Å². The van der Waals surface area contributed by atoms with Crippen molar-refractivity contribution in [3.8, 4) is 5.75 Å². The van der Waals surface area contributed by atoms with Crippen molar-refractivity contribution in [2.24, 2.45) is 5.41 Å². The van der Waals surface area contributed by atoms with E-state index in [1.54, 1.807) is 18.2 Å². The Morgan fingerprint density at radius 3 is 2.59 bits per heavy atom. The van der Waals surface area contributed by atoms with Crippen LogP contribution >= 0.6 is 0 Å². The average molecular weight is 307 g/mol. The first-order valence-electron chi connectivity index (χ1n) is 7.63. The number of aliphatic hydroxyl groups is 1. The van der Waals surface area contributed by atoms with Crippen LogP contribution in [0.15, 0.2) is 18.2 Å². The molecular weight excluding hydrogens is 282 g/mol. The Kier molecular flexibility index (Phi) is 4.78. The molecule has 1 aliphatic rings. The van der Waals surface area contributed by atoms with Crippen molar-refractivity contribution in [2.75, 3.05) is 19.8 Å². The maximum atomic E-state index is 12.2. The summed E-state index contributed by atoms with van der Waals surface area (Å²) in [6.07, 6.45) is 1.12. The van der Waals surface area contributed by atoms with E-state index in [4.69, 9.17) is 4.74 Å². The first kappa shape index (κ1) is 16.8. The number of carbonyl (C=O) groups excluding carboxylic acids is 1. The number of aromatic hydroxyl groups is 1. The summed E-state index contributed by atoms with van der Waals surface area (Å²) in [4.78, 5) is 12.2. The van der Waals surface area contributed by atoms with Gasteiger partial charge in [-0.15, -0.1) is 0 Å². The van der Waals surface area contributed by atoms with Crippen LogP contribution in [0.25, 0.3) is 0 Å². The standard InChI is InChI=1S/C17H25NO4/c1-12-4-5-13(14(19)10-12)15(20)18-11-16(2,3)17(21)6-8-22-9-7-17/h4-5,10,19,21H,6-9,11H2,1-3H3,(H,18,20). The molecule has 0 saturated carbocycles. The lowest BCUT2D eigenvalue weighted by atomic mass is 9.70. The van der Waals surface area contributed by atoms with Gasteiger partial charge in [-0.25, -0.2) is 0 Å². The van der Waals surface area contributed by atoms with Crippen LogP contribution in [0.5, 0.6) is 5.75 Å². The number of benzene rings is 1. The molecule has 0 radical (unpaired) electrons. The second-order valence-corrected chi connectivity index (χ2v) is 6.73. The highest BCUT2D eigenvalue weighted by Gasteiger charge is 2.44. The molecular formula is C17H25NO4. The number of ether oxygens (including phenoxy) is 1. The smallest absolute Gasteiger partial charge is 0.255 e. The summed E-state index contributed by atoms with van der Waals surface area (Å²) in [5.74, 6) is -0.360. The SMILES string of the molecule is Cc1ccc(C(=O)NCC(C)(C)C2(O)CCOCC2)c(O)c1. The molecule has 0 aromatic heterocycles. The van der Waals surface area contributed by atoms with Crippen molar-refractivity contribution < 1.29 is 19.7 Å². The number of aryl methyl sites for hydroxylation is 1. The van der Waals surface area contributed by atoms with Crippen LogP contribution in [-0.2, 0) is 4.74 Å². The number of amides is 1. The number of hydrogen-bond acceptors (Lipinski definition) is 4. The number of phenolic OH excluding ortho intramolecular Hbond substituents is 1. The molecule has 1 aromatic rings. The molecule has 122 valence electrons. The third kappa shape index (κ3) is 3.42. The highest BCUT2D eigenvalue weighted by atomic mass is 16.5. The molecule has 0 unspecified atom stereocenters. The lowest BCUT2D eigenvalue weighted by molar-refractivity contribution is -0.130. The van der Waals surface area contributed by atoms with Crippen LogP contribution in [0.2, 0.25) is 0 Å². The molecule has 0 aliphatic carbocycles. The molecule has 3 N–H and O–H groups in total. The zero-order chi connectivity index (χ0) is 16.4. The van der Waals surface area contributed by atoms with Gasteiger partial charge in [0.2, 0.25) is 0 Å². The molecule has 2 rings (SSSR count). The zero-order valence-electron chi connectivity index (χ0n) is 13.5. The Labute approximate surface area is 131 Å². The second kappa shape index (κ2) is 6.26. The van der Waals surface area contributed by atoms with Crippen LogP contribution in [0.4, 0.5) is 0 Å². The monoisotopic (exact) mass is 307 g/mol. The lowest BCUT2D eigenvalue weighted by Crippen LogP contribution is -2.53. The topological polar surface area (TPSA) is 78.8 Å². The molecule has 5 heteroatoms. The maximum Gasteiger partial charge on any atom is 0.255 e. The molecule has 0 spiro atoms. The fraction of sp³-hybridized carbons (Fsp3) is 0.588. The maximum absolute atomic E-state index is 12.2. The Morgan fingerprint density at radius 1 is 1.36 bits per heavy atom. The Bertz CT molecular complexity index is 548. The van der Waals surface area contributed by atoms with Crippen molar-refractivity contribution in [3.63, 3.8) is 0 Å². The quantitative estimate of drug-likeness (QED) is 0.795. The molecule has 1 amide bonds. The van der Waals surface area contributed by atoms with Crippen molar-refractivity contribution in [3.05, 3.63) is 29.3 Å². The number of rotatable bonds is 4. The van der Waals surface area contributed by atoms with Crippen LogP contribution < -0.4 is 5.32 Å². The molecule has 1 fully saturated rings. The normalized spacial score (nSPS) is 18.0. The fourth-order valence-electron chi connectivity index (χ4n) is 2.78. The van der Waals surface area contributed by atoms with E-state index in [0.717, 1.165) is 5.56 Å². The van der Waals surface area contributed by atoms with Gasteiger partial charge < -0.3 is 20.3 Å². The summed E-state index contributed by atoms with van der Waals surface area (Å²) in [6, 6.07) is 4.95. The third-order valence-corrected chi connectivity index (χ3v) is 4.67. The van der Waals surface area contributed by atoms with Crippen molar-refractivity contribution >= 4 is 5.91 Å². The summed E-state index contributed by atoms with van der Waals surface area (Å²) in [5.41, 5.74) is -0.188. The van der Waals surface area contributed by atoms with E-state index < -0.39 is 11.0 Å². The van der Waals surface area contributed by atoms with Gasteiger partial charge in [0, 0.05) is 38.0 Å². The third-order valence-electron chi connectivity index (χ3n) is 4.67. The fourth-order valence-corrected chi connectivity index (χ4v) is 2.78. The Hall–Kier alpha value is -1.59. The van der Waals surface area contributed by atoms with Crippen molar-refractivity contribution in [2.45, 2.75) is 39.2 Å². The lowest BCUT2D eigenvalue weighted by Gasteiger charge is -2.45. The van der Waals surface area contributed by atoms with E-state index in [-0.39, 0.29) is 17.2 Å². The van der Waals surface area contributed by atoms with E-state index in [1.165, 1.54) is 0 Å². The van der Waals surface area contributed by atoms with Gasteiger partial charge in [-0.05, 0) is 24.6 Å². The van der Waals surface area contributed by atoms with E-state index in [2.05, 4.69) is 5.32 Å². The summed E-state index contributed by atoms with van der Waals surface area (Å²) in [7, 11) is 0. The largest absolute Gasteiger partial charge is 0.507 e. The molecule has 1 saturated heterocycles. The minimum absolute atomic E-state index is 0.0277. The average Bonchev–Trinajstić information content (AvgIpc) is 2.45. The van der Waals surface area contributed by atoms with Gasteiger partial charge in [0.15, 0.2) is 0 Å². The molecule has 5 nitrogen and oxygen atoms in total. The van der Waals surface area contributed by atoms with E-state index in [9.17, 15) is 15.0 Å². The van der Waals surface area contributed by atoms with E-state index >= 15 is 0 Å². The highest BCUT2D eigenvalue weighted by Crippen LogP contribution is 2.38. The van der Waals surface area contributed by atoms with Gasteiger partial charge in [0.05, 0.1) is 11.2 Å². The molecule has 1 heterocycles. The van der Waals surface area contributed by atoms with Crippen LogP contribution in [0, 0.1) is 12.3 Å². The minimum Gasteiger partial charge on any atom is -0.507 e. The van der Waals surface area contributed by atoms with Crippen LogP contribution in [-0.4, -0.2) is 41.5 Å². The second-order valence-electron chi connectivity index (χ2n) is 6.73. The predicted molar refractivity (Wildman–Crippen MR) is 84.0 cm³/mol. The van der Waals surface area contributed by atoms with E-state index in [0.29, 0.717) is 32.6 Å². The molecule has 0 bridgehead atoms. The van der Waals surface area contributed by atoms with Gasteiger partial charge in [0.1, 0.15) is 5.75 Å². The van der Waals surface area contributed by atoms with Crippen LogP contribution in [0.3, 0.4) is 0 Å². The highest BCUT2D eigenvalue weighted by molar-refractivity contribution is 5.96. The zero-order valence-corrected chi connectivity index (χ0v) is 13.5. The number of carbonyl (C=O) groups is 1. The summed E-state index contributed by atoms with van der Waals surface area (Å²) >= 11 is 0. The Balaban J connectivity index is 2.03. The molecule has 22 heavy (non-hydrogen) atoms. The van der Waals surface area contributed by atoms with Crippen molar-refractivity contribution in [1.29, 1.82) is 0 Å². The predicted octanol–water partition coefficient (Wildman–Crippen LogP) is 2.00. The number of phenols is 1. The van der Waals surface area contributed by atoms with Gasteiger partial charge in [-0.2, -0.15) is 0 Å². The van der Waals surface area contributed by atoms with Gasteiger partial charge in [-0.3, -0.25) is 4.79 Å². The molecule has 0 atom stereocenters. The summed E-state index contributed by atoms with van der Waals surface area (Å²) in [5, 5.41) is 23.5. The van der Waals surface area contributed by atoms with Gasteiger partial charge >= 0.3 is 0 Å². The van der Waals surface area contributed by atoms with Crippen LogP contribution in [0.1, 0.15) is 42.6 Å². The first-order valence-corrected chi connectivity index (χ1v) is 7.63. The van der Waals surface area contributed by atoms with E-state index in [1.807, 2.05) is 20.8 Å². The first-order chi connectivity index (χ1) is 10.3. The number of nitrogens with one attached hydrogen (secondary N) is 1. The minimum atomic E-state index is -0.853. The Morgan fingerprint density at radius 2 is 2.00 bits per heavy atom. The number of hydrogen-bond donors (Lipinski definition) is 3. The molecule has 1 aromatic carbocycles. The van der Waals surface area contributed by atoms with Gasteiger partial charge in [0.25, 0.3) is 5.91 Å². The molecule has 1 aliphatic heterocycles.